The minimum absolute atomic E-state index is 0.0312. The van der Waals surface area contributed by atoms with Gasteiger partial charge in [-0.2, -0.15) is 0 Å². The van der Waals surface area contributed by atoms with Crippen molar-refractivity contribution in [1.82, 2.24) is 5.32 Å². The highest BCUT2D eigenvalue weighted by Gasteiger charge is 2.28. The topological polar surface area (TPSA) is 72.5 Å². The van der Waals surface area contributed by atoms with E-state index >= 15 is 0 Å². The molecular formula is C19H29NO4S. The van der Waals surface area contributed by atoms with Gasteiger partial charge in [0.1, 0.15) is 0 Å². The van der Waals surface area contributed by atoms with Crippen LogP contribution in [0.5, 0.6) is 0 Å². The number of carbonyl (C=O) groups is 1. The molecule has 0 spiro atoms. The van der Waals surface area contributed by atoms with E-state index in [1.165, 1.54) is 0 Å². The first-order chi connectivity index (χ1) is 11.9. The third-order valence-electron chi connectivity index (χ3n) is 4.59. The molecule has 1 aliphatic rings. The van der Waals surface area contributed by atoms with Crippen molar-refractivity contribution in [3.8, 4) is 0 Å². The molecule has 0 atom stereocenters. The first kappa shape index (κ1) is 19.9. The van der Waals surface area contributed by atoms with E-state index in [0.29, 0.717) is 13.2 Å². The van der Waals surface area contributed by atoms with Crippen molar-refractivity contribution in [2.75, 3.05) is 5.75 Å². The molecule has 2 rings (SSSR count). The van der Waals surface area contributed by atoms with Crippen LogP contribution in [0.25, 0.3) is 0 Å². The summed E-state index contributed by atoms with van der Waals surface area (Å²) in [6.07, 6.45) is 3.61. The number of carbonyl (C=O) groups excluding carboxylic acids is 1. The highest BCUT2D eigenvalue weighted by Crippen LogP contribution is 2.25. The van der Waals surface area contributed by atoms with Crippen molar-refractivity contribution in [2.24, 2.45) is 0 Å². The quantitative estimate of drug-likeness (QED) is 0.728. The Hall–Kier alpha value is -1.40. The van der Waals surface area contributed by atoms with Crippen LogP contribution in [0.4, 0.5) is 0 Å². The predicted molar refractivity (Wildman–Crippen MR) is 98.9 cm³/mol. The Morgan fingerprint density at radius 2 is 1.84 bits per heavy atom. The fraction of sp³-hybridized carbons (Fsp3) is 0.632. The van der Waals surface area contributed by atoms with Gasteiger partial charge in [-0.15, -0.1) is 0 Å². The van der Waals surface area contributed by atoms with Gasteiger partial charge in [0.2, 0.25) is 5.91 Å². The Morgan fingerprint density at radius 3 is 2.48 bits per heavy atom. The van der Waals surface area contributed by atoms with E-state index in [2.05, 4.69) is 5.32 Å². The molecule has 0 heterocycles. The first-order valence-electron chi connectivity index (χ1n) is 9.05. The lowest BCUT2D eigenvalue weighted by atomic mass is 10.1. The largest absolute Gasteiger partial charge is 0.374 e. The molecule has 1 aromatic rings. The molecule has 1 aromatic carbocycles. The van der Waals surface area contributed by atoms with Crippen LogP contribution in [-0.2, 0) is 32.5 Å². The maximum absolute atomic E-state index is 12.2. The maximum Gasteiger partial charge on any atom is 0.221 e. The zero-order valence-electron chi connectivity index (χ0n) is 15.2. The molecule has 1 fully saturated rings. The number of amides is 1. The van der Waals surface area contributed by atoms with Crippen LogP contribution in [0, 0.1) is 0 Å². The number of benzene rings is 1. The summed E-state index contributed by atoms with van der Waals surface area (Å²) in [5, 5.41) is 2.59. The van der Waals surface area contributed by atoms with Crippen LogP contribution in [0.1, 0.15) is 57.1 Å². The van der Waals surface area contributed by atoms with Crippen molar-refractivity contribution in [3.05, 3.63) is 35.4 Å². The van der Waals surface area contributed by atoms with E-state index in [1.807, 2.05) is 38.1 Å². The van der Waals surface area contributed by atoms with Crippen molar-refractivity contribution in [3.63, 3.8) is 0 Å². The van der Waals surface area contributed by atoms with Gasteiger partial charge in [0.25, 0.3) is 0 Å². The lowest BCUT2D eigenvalue weighted by Crippen LogP contribution is -2.28. The summed E-state index contributed by atoms with van der Waals surface area (Å²) in [5.74, 6) is -0.275. The van der Waals surface area contributed by atoms with Crippen LogP contribution in [0.15, 0.2) is 24.3 Å². The van der Waals surface area contributed by atoms with Crippen molar-refractivity contribution in [2.45, 2.75) is 70.5 Å². The van der Waals surface area contributed by atoms with Crippen molar-refractivity contribution in [1.29, 1.82) is 0 Å². The van der Waals surface area contributed by atoms with Crippen LogP contribution in [-0.4, -0.2) is 31.4 Å². The molecule has 1 aliphatic carbocycles. The van der Waals surface area contributed by atoms with Gasteiger partial charge < -0.3 is 10.1 Å². The van der Waals surface area contributed by atoms with Gasteiger partial charge in [-0.1, -0.05) is 37.1 Å². The molecule has 1 amide bonds. The molecule has 0 radical (unpaired) electrons. The summed E-state index contributed by atoms with van der Waals surface area (Å²) >= 11 is 0. The molecule has 6 heteroatoms. The van der Waals surface area contributed by atoms with E-state index in [1.54, 1.807) is 0 Å². The molecule has 0 unspecified atom stereocenters. The zero-order valence-corrected chi connectivity index (χ0v) is 16.0. The maximum atomic E-state index is 12.2. The number of nitrogens with one attached hydrogen (secondary N) is 1. The molecule has 0 aliphatic heterocycles. The summed E-state index contributed by atoms with van der Waals surface area (Å²) in [7, 11) is -3.15. The Labute approximate surface area is 151 Å². The van der Waals surface area contributed by atoms with E-state index in [9.17, 15) is 13.2 Å². The monoisotopic (exact) mass is 367 g/mol. The number of rotatable bonds is 9. The molecule has 1 saturated carbocycles. The summed E-state index contributed by atoms with van der Waals surface area (Å²) in [6.45, 7) is 4.85. The second kappa shape index (κ2) is 9.34. The lowest BCUT2D eigenvalue weighted by molar-refractivity contribution is -0.120. The fourth-order valence-corrected chi connectivity index (χ4v) is 4.91. The van der Waals surface area contributed by atoms with Gasteiger partial charge in [-0.25, -0.2) is 8.42 Å². The molecule has 1 N–H and O–H groups in total. The van der Waals surface area contributed by atoms with Gasteiger partial charge in [0.05, 0.1) is 23.7 Å². The zero-order chi connectivity index (χ0) is 18.3. The Balaban J connectivity index is 1.82. The second-order valence-corrected chi connectivity index (χ2v) is 9.33. The van der Waals surface area contributed by atoms with Crippen molar-refractivity contribution < 1.29 is 17.9 Å². The smallest absolute Gasteiger partial charge is 0.221 e. The van der Waals surface area contributed by atoms with Crippen molar-refractivity contribution >= 4 is 15.7 Å². The average molecular weight is 368 g/mol. The minimum Gasteiger partial charge on any atom is -0.374 e. The van der Waals surface area contributed by atoms with E-state index in [-0.39, 0.29) is 29.4 Å². The van der Waals surface area contributed by atoms with Gasteiger partial charge >= 0.3 is 0 Å². The van der Waals surface area contributed by atoms with Crippen LogP contribution >= 0.6 is 0 Å². The molecule has 0 aromatic heterocycles. The molecule has 140 valence electrons. The fourth-order valence-electron chi connectivity index (χ4n) is 3.06. The van der Waals surface area contributed by atoms with Gasteiger partial charge in [0.15, 0.2) is 9.84 Å². The third-order valence-corrected chi connectivity index (χ3v) is 6.85. The number of ether oxygens (including phenoxy) is 1. The normalized spacial score (nSPS) is 15.6. The summed E-state index contributed by atoms with van der Waals surface area (Å²) in [5.41, 5.74) is 2.03. The number of sulfone groups is 1. The highest BCUT2D eigenvalue weighted by molar-refractivity contribution is 7.92. The Bertz CT molecular complexity index is 664. The molecule has 0 saturated heterocycles. The second-order valence-electron chi connectivity index (χ2n) is 6.93. The van der Waals surface area contributed by atoms with Gasteiger partial charge in [0, 0.05) is 13.0 Å². The van der Waals surface area contributed by atoms with E-state index in [0.717, 1.165) is 36.8 Å². The number of hydrogen-bond donors (Lipinski definition) is 1. The summed E-state index contributed by atoms with van der Waals surface area (Å²) < 4.78 is 30.1. The highest BCUT2D eigenvalue weighted by atomic mass is 32.2. The third kappa shape index (κ3) is 6.44. The summed E-state index contributed by atoms with van der Waals surface area (Å²) in [6, 6.07) is 7.80. The van der Waals surface area contributed by atoms with E-state index < -0.39 is 9.84 Å². The SMILES string of the molecule is CC(C)OCc1ccccc1CNC(=O)CCS(=O)(=O)C1CCCC1. The Morgan fingerprint density at radius 1 is 1.20 bits per heavy atom. The number of hydrogen-bond acceptors (Lipinski definition) is 4. The Kier molecular flexibility index (Phi) is 7.44. The summed E-state index contributed by atoms with van der Waals surface area (Å²) in [4.78, 5) is 12.0. The predicted octanol–water partition coefficient (Wildman–Crippen LogP) is 2.98. The lowest BCUT2D eigenvalue weighted by Gasteiger charge is -2.13. The standard InChI is InChI=1S/C19H29NO4S/c1-15(2)24-14-17-8-4-3-7-16(17)13-20-19(21)11-12-25(22,23)18-9-5-6-10-18/h3-4,7-8,15,18H,5-6,9-14H2,1-2H3,(H,20,21). The van der Waals surface area contributed by atoms with E-state index in [4.69, 9.17) is 4.74 Å². The molecule has 0 bridgehead atoms. The minimum atomic E-state index is -3.15. The van der Waals surface area contributed by atoms with Crippen LogP contribution < -0.4 is 5.32 Å². The average Bonchev–Trinajstić information content (AvgIpc) is 3.12. The van der Waals surface area contributed by atoms with Crippen LogP contribution in [0.3, 0.4) is 0 Å². The van der Waals surface area contributed by atoms with Gasteiger partial charge in [-0.05, 0) is 37.8 Å². The first-order valence-corrected chi connectivity index (χ1v) is 10.8. The van der Waals surface area contributed by atoms with Gasteiger partial charge in [-0.3, -0.25) is 4.79 Å². The molecule has 5 nitrogen and oxygen atoms in total. The molecule has 25 heavy (non-hydrogen) atoms. The van der Waals surface area contributed by atoms with Crippen LogP contribution in [0.2, 0.25) is 0 Å². The molecular weight excluding hydrogens is 338 g/mol.